The van der Waals surface area contributed by atoms with E-state index in [0.29, 0.717) is 11.3 Å². The van der Waals surface area contributed by atoms with Gasteiger partial charge in [-0.1, -0.05) is 67.6 Å². The van der Waals surface area contributed by atoms with Gasteiger partial charge in [-0.15, -0.1) is 0 Å². The summed E-state index contributed by atoms with van der Waals surface area (Å²) in [5.41, 5.74) is 4.47. The van der Waals surface area contributed by atoms with Gasteiger partial charge in [-0.3, -0.25) is 4.79 Å². The average molecular weight is 636 g/mol. The third-order valence-electron chi connectivity index (χ3n) is 7.07. The van der Waals surface area contributed by atoms with Crippen LogP contribution in [-0.4, -0.2) is 55.0 Å². The molecule has 0 radical (unpaired) electrons. The minimum absolute atomic E-state index is 0.235. The van der Waals surface area contributed by atoms with Crippen molar-refractivity contribution in [3.8, 4) is 22.5 Å². The SMILES string of the molecule is CCSC[C@H](OCc1ccc(C(=O)N[C@@H](CCS(C)(=O)=O)C(=O)O)c(-c2ccccc2C)c1)c1ccc(-c2ccccc2)o1. The van der Waals surface area contributed by atoms with E-state index in [4.69, 9.17) is 9.15 Å². The fourth-order valence-corrected chi connectivity index (χ4v) is 6.09. The van der Waals surface area contributed by atoms with Gasteiger partial charge in [-0.2, -0.15) is 11.8 Å². The molecule has 3 aromatic carbocycles. The third-order valence-corrected chi connectivity index (χ3v) is 9.00. The normalized spacial score (nSPS) is 12.9. The van der Waals surface area contributed by atoms with Crippen LogP contribution in [0.4, 0.5) is 0 Å². The van der Waals surface area contributed by atoms with Crippen LogP contribution in [0.3, 0.4) is 0 Å². The van der Waals surface area contributed by atoms with Crippen molar-refractivity contribution in [3.05, 3.63) is 107 Å². The Kier molecular flexibility index (Phi) is 11.4. The number of carboxylic acid groups (broad SMARTS) is 1. The number of sulfone groups is 1. The number of furan rings is 1. The lowest BCUT2D eigenvalue weighted by atomic mass is 9.93. The number of nitrogens with one attached hydrogen (secondary N) is 1. The standard InChI is InChI=1S/C34H37NO7S2/c1-4-43-22-32(31-17-16-30(42-31)25-11-6-5-7-12-25)41-21-24-14-15-27(28(20-24)26-13-9-8-10-23(26)2)33(36)35-29(34(37)38)18-19-44(3,39)40/h5-17,20,29,32H,4,18-19,21-22H2,1-3H3,(H,35,36)(H,37,38)/t29-,32-/m0/s1. The molecule has 10 heteroatoms. The number of aryl methyl sites for hydroxylation is 1. The Balaban J connectivity index is 1.59. The first-order chi connectivity index (χ1) is 21.1. The Hall–Kier alpha value is -3.86. The van der Waals surface area contributed by atoms with Crippen molar-refractivity contribution in [3.63, 3.8) is 0 Å². The molecule has 1 heterocycles. The summed E-state index contributed by atoms with van der Waals surface area (Å²) in [5, 5.41) is 12.2. The number of carbonyl (C=O) groups is 2. The molecule has 0 aliphatic heterocycles. The number of ether oxygens (including phenoxy) is 1. The van der Waals surface area contributed by atoms with Crippen molar-refractivity contribution in [1.29, 1.82) is 0 Å². The highest BCUT2D eigenvalue weighted by Crippen LogP contribution is 2.32. The van der Waals surface area contributed by atoms with Gasteiger partial charge in [-0.05, 0) is 65.6 Å². The molecular weight excluding hydrogens is 599 g/mol. The summed E-state index contributed by atoms with van der Waals surface area (Å²) < 4.78 is 35.8. The van der Waals surface area contributed by atoms with Crippen LogP contribution in [0.5, 0.6) is 0 Å². The van der Waals surface area contributed by atoms with Crippen LogP contribution >= 0.6 is 11.8 Å². The van der Waals surface area contributed by atoms with E-state index < -0.39 is 27.8 Å². The molecule has 0 saturated heterocycles. The maximum absolute atomic E-state index is 13.4. The molecule has 1 amide bonds. The van der Waals surface area contributed by atoms with Crippen molar-refractivity contribution >= 4 is 33.5 Å². The molecule has 0 saturated carbocycles. The Labute approximate surface area is 262 Å². The number of aliphatic carboxylic acids is 1. The third kappa shape index (κ3) is 9.07. The van der Waals surface area contributed by atoms with Gasteiger partial charge >= 0.3 is 5.97 Å². The molecule has 4 aromatic rings. The zero-order valence-corrected chi connectivity index (χ0v) is 26.6. The van der Waals surface area contributed by atoms with Crippen molar-refractivity contribution < 1.29 is 32.3 Å². The number of carbonyl (C=O) groups excluding carboxylic acids is 1. The predicted molar refractivity (Wildman–Crippen MR) is 175 cm³/mol. The molecule has 0 aliphatic rings. The molecule has 2 atom stereocenters. The van der Waals surface area contributed by atoms with Gasteiger partial charge in [0.1, 0.15) is 33.5 Å². The first kappa shape index (κ1) is 33.0. The van der Waals surface area contributed by atoms with Gasteiger partial charge in [0, 0.05) is 23.1 Å². The molecule has 232 valence electrons. The summed E-state index contributed by atoms with van der Waals surface area (Å²) in [4.78, 5) is 25.3. The minimum Gasteiger partial charge on any atom is -0.480 e. The molecule has 0 unspecified atom stereocenters. The van der Waals surface area contributed by atoms with Crippen molar-refractivity contribution in [2.24, 2.45) is 0 Å². The summed E-state index contributed by atoms with van der Waals surface area (Å²) in [6, 6.07) is 25.3. The highest BCUT2D eigenvalue weighted by atomic mass is 32.2. The maximum Gasteiger partial charge on any atom is 0.326 e. The molecule has 4 rings (SSSR count). The fraction of sp³-hybridized carbons (Fsp3) is 0.294. The molecule has 1 aromatic heterocycles. The van der Waals surface area contributed by atoms with E-state index in [1.54, 1.807) is 23.9 Å². The summed E-state index contributed by atoms with van der Waals surface area (Å²) in [7, 11) is -3.40. The number of hydrogen-bond donors (Lipinski definition) is 2. The van der Waals surface area contributed by atoms with Crippen LogP contribution in [0, 0.1) is 6.92 Å². The molecule has 0 bridgehead atoms. The van der Waals surface area contributed by atoms with Crippen molar-refractivity contribution in [1.82, 2.24) is 5.32 Å². The Morgan fingerprint density at radius 2 is 1.70 bits per heavy atom. The van der Waals surface area contributed by atoms with Gasteiger partial charge in [0.25, 0.3) is 5.91 Å². The topological polar surface area (TPSA) is 123 Å². The van der Waals surface area contributed by atoms with Crippen LogP contribution in [0.15, 0.2) is 89.3 Å². The average Bonchev–Trinajstić information content (AvgIpc) is 3.49. The smallest absolute Gasteiger partial charge is 0.326 e. The van der Waals surface area contributed by atoms with E-state index in [1.165, 1.54) is 0 Å². The molecule has 0 aliphatic carbocycles. The van der Waals surface area contributed by atoms with E-state index in [2.05, 4.69) is 12.2 Å². The van der Waals surface area contributed by atoms with Crippen LogP contribution in [0.25, 0.3) is 22.5 Å². The number of rotatable bonds is 15. The molecule has 44 heavy (non-hydrogen) atoms. The second-order valence-corrected chi connectivity index (χ2v) is 14.1. The Morgan fingerprint density at radius 1 is 0.977 bits per heavy atom. The second kappa shape index (κ2) is 15.2. The first-order valence-corrected chi connectivity index (χ1v) is 17.5. The molecule has 0 fully saturated rings. The van der Waals surface area contributed by atoms with Gasteiger partial charge in [0.15, 0.2) is 0 Å². The minimum atomic E-state index is -3.40. The number of benzene rings is 3. The van der Waals surface area contributed by atoms with Gasteiger partial charge < -0.3 is 19.6 Å². The molecule has 0 spiro atoms. The van der Waals surface area contributed by atoms with E-state index in [0.717, 1.165) is 45.8 Å². The highest BCUT2D eigenvalue weighted by Gasteiger charge is 2.25. The molecular formula is C34H37NO7S2. The van der Waals surface area contributed by atoms with Crippen LogP contribution in [0.2, 0.25) is 0 Å². The first-order valence-electron chi connectivity index (χ1n) is 14.3. The summed E-state index contributed by atoms with van der Waals surface area (Å²) >= 11 is 1.75. The zero-order valence-electron chi connectivity index (χ0n) is 25.0. The maximum atomic E-state index is 13.4. The molecule has 8 nitrogen and oxygen atoms in total. The Morgan fingerprint density at radius 3 is 2.39 bits per heavy atom. The predicted octanol–water partition coefficient (Wildman–Crippen LogP) is 6.55. The van der Waals surface area contributed by atoms with Gasteiger partial charge in [-0.25, -0.2) is 13.2 Å². The largest absolute Gasteiger partial charge is 0.480 e. The van der Waals surface area contributed by atoms with Crippen molar-refractivity contribution in [2.75, 3.05) is 23.5 Å². The second-order valence-electron chi connectivity index (χ2n) is 10.5. The highest BCUT2D eigenvalue weighted by molar-refractivity contribution is 7.99. The van der Waals surface area contributed by atoms with Crippen LogP contribution in [0.1, 0.15) is 46.7 Å². The summed E-state index contributed by atoms with van der Waals surface area (Å²) in [6.07, 6.45) is 0.500. The van der Waals surface area contributed by atoms with E-state index >= 15 is 0 Å². The van der Waals surface area contributed by atoms with E-state index in [9.17, 15) is 23.1 Å². The molecule has 2 N–H and O–H groups in total. The number of carboxylic acids is 1. The Bertz CT molecular complexity index is 1680. The number of amides is 1. The fourth-order valence-electron chi connectivity index (χ4n) is 4.72. The van der Waals surface area contributed by atoms with Gasteiger partial charge in [0.05, 0.1) is 12.4 Å². The zero-order chi connectivity index (χ0) is 31.7. The van der Waals surface area contributed by atoms with Gasteiger partial charge in [0.2, 0.25) is 0 Å². The number of thioether (sulfide) groups is 1. The summed E-state index contributed by atoms with van der Waals surface area (Å²) in [5.74, 6) is 0.873. The lowest BCUT2D eigenvalue weighted by Crippen LogP contribution is -2.42. The lowest BCUT2D eigenvalue weighted by Gasteiger charge is -2.19. The number of hydrogen-bond acceptors (Lipinski definition) is 7. The lowest BCUT2D eigenvalue weighted by molar-refractivity contribution is -0.139. The van der Waals surface area contributed by atoms with Crippen molar-refractivity contribution in [2.45, 2.75) is 39.0 Å². The quantitative estimate of drug-likeness (QED) is 0.151. The summed E-state index contributed by atoms with van der Waals surface area (Å²) in [6.45, 7) is 4.28. The van der Waals surface area contributed by atoms with E-state index in [1.807, 2.05) is 79.7 Å². The van der Waals surface area contributed by atoms with Crippen LogP contribution < -0.4 is 5.32 Å². The van der Waals surface area contributed by atoms with E-state index in [-0.39, 0.29) is 30.4 Å². The van der Waals surface area contributed by atoms with Crippen LogP contribution in [-0.2, 0) is 26.0 Å². The monoisotopic (exact) mass is 635 g/mol.